The number of piperidine rings is 1. The number of methoxy groups -OCH3 is 1. The molecule has 1 fully saturated rings. The molecular formula is C20H25N3O3. The summed E-state index contributed by atoms with van der Waals surface area (Å²) in [4.78, 5) is 17.7. The summed E-state index contributed by atoms with van der Waals surface area (Å²) >= 11 is 0. The van der Waals surface area contributed by atoms with Gasteiger partial charge in [0.05, 0.1) is 12.8 Å². The van der Waals surface area contributed by atoms with Crippen LogP contribution in [0.4, 0.5) is 10.6 Å². The predicted octanol–water partition coefficient (Wildman–Crippen LogP) is 3.63. The Balaban J connectivity index is 1.59. The van der Waals surface area contributed by atoms with E-state index in [2.05, 4.69) is 16.3 Å². The van der Waals surface area contributed by atoms with E-state index in [0.717, 1.165) is 55.2 Å². The van der Waals surface area contributed by atoms with Crippen molar-refractivity contribution in [2.75, 3.05) is 31.6 Å². The normalized spacial score (nSPS) is 14.9. The van der Waals surface area contributed by atoms with E-state index >= 15 is 0 Å². The highest BCUT2D eigenvalue weighted by Gasteiger charge is 2.20. The quantitative estimate of drug-likeness (QED) is 0.828. The second kappa shape index (κ2) is 8.56. The van der Waals surface area contributed by atoms with Gasteiger partial charge in [0.15, 0.2) is 0 Å². The smallest absolute Gasteiger partial charge is 0.404 e. The van der Waals surface area contributed by atoms with E-state index in [9.17, 15) is 4.79 Å². The zero-order valence-corrected chi connectivity index (χ0v) is 15.0. The van der Waals surface area contributed by atoms with Gasteiger partial charge in [-0.25, -0.2) is 9.78 Å². The highest BCUT2D eigenvalue weighted by Crippen LogP contribution is 2.27. The summed E-state index contributed by atoms with van der Waals surface area (Å²) in [5.74, 6) is 2.41. The van der Waals surface area contributed by atoms with E-state index in [1.807, 2.05) is 36.4 Å². The number of nitrogens with one attached hydrogen (secondary N) is 1. The van der Waals surface area contributed by atoms with Crippen LogP contribution in [-0.2, 0) is 0 Å². The van der Waals surface area contributed by atoms with E-state index in [4.69, 9.17) is 14.8 Å². The fourth-order valence-corrected chi connectivity index (χ4v) is 3.36. The molecule has 1 aromatic carbocycles. The minimum Gasteiger partial charge on any atom is -0.497 e. The first-order valence-electron chi connectivity index (χ1n) is 8.99. The van der Waals surface area contributed by atoms with Crippen molar-refractivity contribution in [2.24, 2.45) is 5.92 Å². The van der Waals surface area contributed by atoms with Gasteiger partial charge >= 0.3 is 6.09 Å². The summed E-state index contributed by atoms with van der Waals surface area (Å²) in [6, 6.07) is 14.1. The Morgan fingerprint density at radius 3 is 2.62 bits per heavy atom. The first-order valence-corrected chi connectivity index (χ1v) is 8.99. The van der Waals surface area contributed by atoms with E-state index in [1.165, 1.54) is 0 Å². The molecule has 0 aliphatic carbocycles. The molecule has 6 heteroatoms. The number of ether oxygens (including phenoxy) is 1. The summed E-state index contributed by atoms with van der Waals surface area (Å²) < 4.78 is 5.21. The number of nitrogens with zero attached hydrogens (tertiary/aromatic N) is 2. The van der Waals surface area contributed by atoms with Crippen molar-refractivity contribution < 1.29 is 14.6 Å². The number of hydrogen-bond acceptors (Lipinski definition) is 4. The average Bonchev–Trinajstić information content (AvgIpc) is 2.68. The number of benzene rings is 1. The molecule has 0 atom stereocenters. The second-order valence-corrected chi connectivity index (χ2v) is 6.56. The zero-order chi connectivity index (χ0) is 18.4. The number of aromatic nitrogens is 1. The summed E-state index contributed by atoms with van der Waals surface area (Å²) in [5, 5.41) is 11.1. The van der Waals surface area contributed by atoms with Crippen molar-refractivity contribution in [1.29, 1.82) is 0 Å². The van der Waals surface area contributed by atoms with Gasteiger partial charge in [0.1, 0.15) is 11.6 Å². The molecule has 26 heavy (non-hydrogen) atoms. The fourth-order valence-electron chi connectivity index (χ4n) is 3.36. The molecule has 1 amide bonds. The molecule has 2 heterocycles. The highest BCUT2D eigenvalue weighted by molar-refractivity contribution is 5.64. The number of pyridine rings is 1. The summed E-state index contributed by atoms with van der Waals surface area (Å²) in [6.07, 6.45) is 2.09. The molecular weight excluding hydrogens is 330 g/mol. The number of carboxylic acid groups (broad SMARTS) is 1. The van der Waals surface area contributed by atoms with Crippen molar-refractivity contribution in [3.63, 3.8) is 0 Å². The second-order valence-electron chi connectivity index (χ2n) is 6.56. The Kier molecular flexibility index (Phi) is 5.94. The molecule has 1 aliphatic heterocycles. The number of amides is 1. The standard InChI is InChI=1S/C20H25N3O3/c1-26-17-7-5-16(6-8-17)18-3-2-4-19(22-18)23-13-10-15(11-14-23)9-12-21-20(24)25/h2-8,15,21H,9-14H2,1H3,(H,24,25). The van der Waals surface area contributed by atoms with Crippen LogP contribution < -0.4 is 15.0 Å². The van der Waals surface area contributed by atoms with Crippen LogP contribution in [0.25, 0.3) is 11.3 Å². The monoisotopic (exact) mass is 355 g/mol. The van der Waals surface area contributed by atoms with Crippen molar-refractivity contribution in [3.05, 3.63) is 42.5 Å². The van der Waals surface area contributed by atoms with Crippen LogP contribution in [0.2, 0.25) is 0 Å². The third-order valence-electron chi connectivity index (χ3n) is 4.89. The van der Waals surface area contributed by atoms with Crippen LogP contribution in [0.1, 0.15) is 19.3 Å². The zero-order valence-electron chi connectivity index (χ0n) is 15.0. The number of carbonyl (C=O) groups is 1. The Morgan fingerprint density at radius 1 is 1.23 bits per heavy atom. The molecule has 1 saturated heterocycles. The summed E-state index contributed by atoms with van der Waals surface area (Å²) in [7, 11) is 1.66. The van der Waals surface area contributed by atoms with Crippen molar-refractivity contribution in [2.45, 2.75) is 19.3 Å². The van der Waals surface area contributed by atoms with Gasteiger partial charge in [-0.15, -0.1) is 0 Å². The molecule has 0 bridgehead atoms. The Hall–Kier alpha value is -2.76. The van der Waals surface area contributed by atoms with Crippen LogP contribution in [0.5, 0.6) is 5.75 Å². The minimum atomic E-state index is -0.943. The van der Waals surface area contributed by atoms with Crippen LogP contribution >= 0.6 is 0 Å². The molecule has 3 rings (SSSR count). The van der Waals surface area contributed by atoms with Crippen molar-refractivity contribution >= 4 is 11.9 Å². The van der Waals surface area contributed by atoms with Crippen molar-refractivity contribution in [1.82, 2.24) is 10.3 Å². The third-order valence-corrected chi connectivity index (χ3v) is 4.89. The SMILES string of the molecule is COc1ccc(-c2cccc(N3CCC(CCNC(=O)O)CC3)n2)cc1. The molecule has 2 aromatic rings. The third kappa shape index (κ3) is 4.65. The molecule has 0 spiro atoms. The number of anilines is 1. The van der Waals surface area contributed by atoms with Crippen molar-refractivity contribution in [3.8, 4) is 17.0 Å². The Morgan fingerprint density at radius 2 is 1.96 bits per heavy atom. The van der Waals surface area contributed by atoms with Gasteiger partial charge < -0.3 is 20.1 Å². The maximum atomic E-state index is 10.5. The lowest BCUT2D eigenvalue weighted by Crippen LogP contribution is -2.35. The minimum absolute atomic E-state index is 0.533. The molecule has 1 aliphatic rings. The van der Waals surface area contributed by atoms with Gasteiger partial charge in [0, 0.05) is 25.2 Å². The first kappa shape index (κ1) is 18.0. The lowest BCUT2D eigenvalue weighted by atomic mass is 9.93. The van der Waals surface area contributed by atoms with Gasteiger partial charge in [-0.3, -0.25) is 0 Å². The molecule has 138 valence electrons. The molecule has 0 unspecified atom stereocenters. The van der Waals surface area contributed by atoms with E-state index in [1.54, 1.807) is 7.11 Å². The van der Waals surface area contributed by atoms with Gasteiger partial charge in [0.2, 0.25) is 0 Å². The van der Waals surface area contributed by atoms with Gasteiger partial charge in [-0.1, -0.05) is 6.07 Å². The van der Waals surface area contributed by atoms with Crippen LogP contribution in [0.15, 0.2) is 42.5 Å². The summed E-state index contributed by atoms with van der Waals surface area (Å²) in [5.41, 5.74) is 2.03. The number of rotatable bonds is 6. The maximum Gasteiger partial charge on any atom is 0.404 e. The Labute approximate surface area is 153 Å². The van der Waals surface area contributed by atoms with Gasteiger partial charge in [-0.2, -0.15) is 0 Å². The van der Waals surface area contributed by atoms with Crippen LogP contribution in [-0.4, -0.2) is 42.9 Å². The maximum absolute atomic E-state index is 10.5. The lowest BCUT2D eigenvalue weighted by molar-refractivity contribution is 0.193. The first-order chi connectivity index (χ1) is 12.7. The lowest BCUT2D eigenvalue weighted by Gasteiger charge is -2.33. The van der Waals surface area contributed by atoms with Gasteiger partial charge in [0.25, 0.3) is 0 Å². The average molecular weight is 355 g/mol. The summed E-state index contributed by atoms with van der Waals surface area (Å²) in [6.45, 7) is 2.44. The molecule has 0 saturated carbocycles. The van der Waals surface area contributed by atoms with E-state index < -0.39 is 6.09 Å². The van der Waals surface area contributed by atoms with Gasteiger partial charge in [-0.05, 0) is 61.6 Å². The molecule has 0 radical (unpaired) electrons. The largest absolute Gasteiger partial charge is 0.497 e. The highest BCUT2D eigenvalue weighted by atomic mass is 16.5. The molecule has 2 N–H and O–H groups in total. The molecule has 1 aromatic heterocycles. The van der Waals surface area contributed by atoms with Crippen LogP contribution in [0, 0.1) is 5.92 Å². The topological polar surface area (TPSA) is 74.7 Å². The van der Waals surface area contributed by atoms with E-state index in [-0.39, 0.29) is 0 Å². The predicted molar refractivity (Wildman–Crippen MR) is 102 cm³/mol. The Bertz CT molecular complexity index is 725. The molecule has 6 nitrogen and oxygen atoms in total. The van der Waals surface area contributed by atoms with E-state index in [0.29, 0.717) is 12.5 Å². The fraction of sp³-hybridized carbons (Fsp3) is 0.400. The van der Waals surface area contributed by atoms with Crippen LogP contribution in [0.3, 0.4) is 0 Å². The number of hydrogen-bond donors (Lipinski definition) is 2.